The molecule has 0 rings (SSSR count). The van der Waals surface area contributed by atoms with Gasteiger partial charge in [0.05, 0.1) is 0 Å². The molecule has 0 N–H and O–H groups in total. The van der Waals surface area contributed by atoms with Crippen LogP contribution in [0.3, 0.4) is 0 Å². The molecular weight excluding hydrogens is 236 g/mol. The molecule has 1 unspecified atom stereocenters. The Morgan fingerprint density at radius 3 is 1.58 bits per heavy atom. The van der Waals surface area contributed by atoms with E-state index in [-0.39, 0.29) is 6.10 Å². The highest BCUT2D eigenvalue weighted by Gasteiger charge is 2.08. The molecule has 0 aliphatic rings. The number of ether oxygens (including phenoxy) is 1. The number of hydrogen-bond donors (Lipinski definition) is 0. The first-order valence-corrected chi connectivity index (χ1v) is 8.44. The summed E-state index contributed by atoms with van der Waals surface area (Å²) in [6.45, 7) is 5.11. The van der Waals surface area contributed by atoms with Gasteiger partial charge in [-0.15, -0.1) is 0 Å². The molecule has 0 aromatic heterocycles. The Morgan fingerprint density at radius 1 is 0.737 bits per heavy atom. The first-order chi connectivity index (χ1) is 9.35. The van der Waals surface area contributed by atoms with Crippen LogP contribution in [-0.2, 0) is 9.53 Å². The molecule has 2 heteroatoms. The van der Waals surface area contributed by atoms with E-state index in [9.17, 15) is 4.79 Å². The van der Waals surface area contributed by atoms with Crippen molar-refractivity contribution >= 4 is 6.47 Å². The Morgan fingerprint density at radius 2 is 1.16 bits per heavy atom. The maximum Gasteiger partial charge on any atom is 0.293 e. The van der Waals surface area contributed by atoms with Gasteiger partial charge in [0, 0.05) is 0 Å². The molecule has 0 spiro atoms. The highest BCUT2D eigenvalue weighted by molar-refractivity contribution is 5.37. The summed E-state index contributed by atoms with van der Waals surface area (Å²) >= 11 is 0. The second kappa shape index (κ2) is 15.5. The first kappa shape index (κ1) is 18.5. The zero-order chi connectivity index (χ0) is 14.2. The van der Waals surface area contributed by atoms with Gasteiger partial charge in [-0.25, -0.2) is 0 Å². The average Bonchev–Trinajstić information content (AvgIpc) is 2.42. The van der Waals surface area contributed by atoms with Gasteiger partial charge in [0.25, 0.3) is 6.47 Å². The van der Waals surface area contributed by atoms with E-state index in [1.54, 1.807) is 0 Å². The third-order valence-electron chi connectivity index (χ3n) is 3.76. The van der Waals surface area contributed by atoms with Crippen LogP contribution in [-0.4, -0.2) is 12.6 Å². The Hall–Kier alpha value is -0.530. The predicted molar refractivity (Wildman–Crippen MR) is 82.3 cm³/mol. The minimum absolute atomic E-state index is 0.172. The highest BCUT2D eigenvalue weighted by Crippen LogP contribution is 2.15. The monoisotopic (exact) mass is 270 g/mol. The summed E-state index contributed by atoms with van der Waals surface area (Å²) in [5.74, 6) is 0. The minimum atomic E-state index is 0.172. The summed E-state index contributed by atoms with van der Waals surface area (Å²) in [5, 5.41) is 0. The molecule has 0 radical (unpaired) electrons. The summed E-state index contributed by atoms with van der Waals surface area (Å²) in [4.78, 5) is 10.5. The molecular formula is C17H34O2. The largest absolute Gasteiger partial charge is 0.465 e. The molecule has 0 amide bonds. The van der Waals surface area contributed by atoms with Crippen LogP contribution in [0.2, 0.25) is 0 Å². The summed E-state index contributed by atoms with van der Waals surface area (Å²) in [7, 11) is 0. The van der Waals surface area contributed by atoms with E-state index in [0.29, 0.717) is 6.47 Å². The fourth-order valence-corrected chi connectivity index (χ4v) is 2.49. The van der Waals surface area contributed by atoms with Crippen molar-refractivity contribution in [2.45, 2.75) is 103 Å². The number of carbonyl (C=O) groups excluding carboxylic acids is 1. The minimum Gasteiger partial charge on any atom is -0.465 e. The van der Waals surface area contributed by atoms with Crippen molar-refractivity contribution in [2.75, 3.05) is 0 Å². The lowest BCUT2D eigenvalue weighted by atomic mass is 10.0. The molecule has 0 aromatic rings. The number of carbonyl (C=O) groups is 1. The fourth-order valence-electron chi connectivity index (χ4n) is 2.49. The maximum atomic E-state index is 10.5. The predicted octanol–water partition coefficient (Wildman–Crippen LogP) is 5.64. The summed E-state index contributed by atoms with van der Waals surface area (Å²) in [6.07, 6.45) is 16.5. The molecule has 2 nitrogen and oxygen atoms in total. The van der Waals surface area contributed by atoms with Crippen molar-refractivity contribution in [3.05, 3.63) is 0 Å². The van der Waals surface area contributed by atoms with Gasteiger partial charge in [-0.3, -0.25) is 4.79 Å². The topological polar surface area (TPSA) is 26.3 Å². The van der Waals surface area contributed by atoms with Crippen molar-refractivity contribution < 1.29 is 9.53 Å². The first-order valence-electron chi connectivity index (χ1n) is 8.44. The molecule has 0 aliphatic heterocycles. The lowest BCUT2D eigenvalue weighted by Gasteiger charge is -2.14. The standard InChI is InChI=1S/C17H34O2/c1-3-5-7-9-11-13-15-17(19-16-18)14-12-10-8-6-4-2/h16-17H,3-15H2,1-2H3. The van der Waals surface area contributed by atoms with E-state index in [2.05, 4.69) is 13.8 Å². The van der Waals surface area contributed by atoms with Gasteiger partial charge in [-0.2, -0.15) is 0 Å². The van der Waals surface area contributed by atoms with Gasteiger partial charge in [0.2, 0.25) is 0 Å². The van der Waals surface area contributed by atoms with Crippen molar-refractivity contribution in [3.8, 4) is 0 Å². The van der Waals surface area contributed by atoms with Crippen molar-refractivity contribution in [2.24, 2.45) is 0 Å². The molecule has 0 saturated carbocycles. The van der Waals surface area contributed by atoms with Gasteiger partial charge >= 0.3 is 0 Å². The van der Waals surface area contributed by atoms with Crippen molar-refractivity contribution in [1.82, 2.24) is 0 Å². The van der Waals surface area contributed by atoms with Gasteiger partial charge in [-0.1, -0.05) is 71.6 Å². The zero-order valence-electron chi connectivity index (χ0n) is 13.2. The van der Waals surface area contributed by atoms with Crippen LogP contribution in [0.1, 0.15) is 97.3 Å². The van der Waals surface area contributed by atoms with E-state index in [1.807, 2.05) is 0 Å². The molecule has 0 fully saturated rings. The second-order valence-corrected chi connectivity index (χ2v) is 5.61. The lowest BCUT2D eigenvalue weighted by molar-refractivity contribution is -0.134. The third-order valence-corrected chi connectivity index (χ3v) is 3.76. The third kappa shape index (κ3) is 13.7. The Labute approximate surface area is 120 Å². The zero-order valence-corrected chi connectivity index (χ0v) is 13.2. The van der Waals surface area contributed by atoms with Crippen molar-refractivity contribution in [3.63, 3.8) is 0 Å². The van der Waals surface area contributed by atoms with E-state index in [0.717, 1.165) is 12.8 Å². The van der Waals surface area contributed by atoms with Gasteiger partial charge in [0.1, 0.15) is 6.10 Å². The van der Waals surface area contributed by atoms with Crippen LogP contribution in [0.5, 0.6) is 0 Å². The summed E-state index contributed by atoms with van der Waals surface area (Å²) in [5.41, 5.74) is 0. The molecule has 1 atom stereocenters. The normalized spacial score (nSPS) is 12.3. The van der Waals surface area contributed by atoms with Crippen LogP contribution in [0.25, 0.3) is 0 Å². The van der Waals surface area contributed by atoms with Crippen LogP contribution < -0.4 is 0 Å². The van der Waals surface area contributed by atoms with Crippen molar-refractivity contribution in [1.29, 1.82) is 0 Å². The Kier molecular flexibility index (Phi) is 15.1. The quantitative estimate of drug-likeness (QED) is 0.284. The molecule has 0 aliphatic carbocycles. The van der Waals surface area contributed by atoms with Crippen LogP contribution in [0.15, 0.2) is 0 Å². The molecule has 0 aromatic carbocycles. The van der Waals surface area contributed by atoms with Crippen LogP contribution >= 0.6 is 0 Å². The van der Waals surface area contributed by atoms with E-state index < -0.39 is 0 Å². The number of unbranched alkanes of at least 4 members (excludes halogenated alkanes) is 9. The highest BCUT2D eigenvalue weighted by atomic mass is 16.5. The van der Waals surface area contributed by atoms with Crippen LogP contribution in [0, 0.1) is 0 Å². The van der Waals surface area contributed by atoms with E-state index >= 15 is 0 Å². The van der Waals surface area contributed by atoms with E-state index in [4.69, 9.17) is 4.74 Å². The van der Waals surface area contributed by atoms with E-state index in [1.165, 1.54) is 70.6 Å². The summed E-state index contributed by atoms with van der Waals surface area (Å²) < 4.78 is 5.20. The van der Waals surface area contributed by atoms with Gasteiger partial charge in [0.15, 0.2) is 0 Å². The molecule has 0 saturated heterocycles. The summed E-state index contributed by atoms with van der Waals surface area (Å²) in [6, 6.07) is 0. The molecule has 0 bridgehead atoms. The van der Waals surface area contributed by atoms with Crippen LogP contribution in [0.4, 0.5) is 0 Å². The second-order valence-electron chi connectivity index (χ2n) is 5.61. The van der Waals surface area contributed by atoms with Gasteiger partial charge in [-0.05, 0) is 25.7 Å². The van der Waals surface area contributed by atoms with Gasteiger partial charge < -0.3 is 4.74 Å². The molecule has 0 heterocycles. The SMILES string of the molecule is CCCCCCCCC(CCCCCCC)OC=O. The lowest BCUT2D eigenvalue weighted by Crippen LogP contribution is -2.12. The maximum absolute atomic E-state index is 10.5. The average molecular weight is 270 g/mol. The molecule has 19 heavy (non-hydrogen) atoms. The smallest absolute Gasteiger partial charge is 0.293 e. The number of hydrogen-bond acceptors (Lipinski definition) is 2. The fraction of sp³-hybridized carbons (Fsp3) is 0.941. The Balaban J connectivity index is 3.47. The number of rotatable bonds is 15. The molecule has 114 valence electrons. The Bertz CT molecular complexity index is 180.